The third-order valence-electron chi connectivity index (χ3n) is 1.92. The minimum atomic E-state index is 0.159. The highest BCUT2D eigenvalue weighted by molar-refractivity contribution is 9.10. The van der Waals surface area contributed by atoms with Crippen LogP contribution in [-0.2, 0) is 24.7 Å². The summed E-state index contributed by atoms with van der Waals surface area (Å²) >= 11 is 3.46. The molecule has 1 aromatic heterocycles. The molecule has 0 N–H and O–H groups in total. The molecular weight excluding hydrogens is 232 g/mol. The van der Waals surface area contributed by atoms with Crippen molar-refractivity contribution in [1.82, 2.24) is 9.78 Å². The molecule has 0 saturated carbocycles. The molecule has 1 heterocycles. The number of carbonyl (C=O) groups excluding carboxylic acids is 1. The number of aryl methyl sites for hydroxylation is 2. The van der Waals surface area contributed by atoms with E-state index in [9.17, 15) is 4.79 Å². The van der Waals surface area contributed by atoms with E-state index in [4.69, 9.17) is 0 Å². The average Bonchev–Trinajstić information content (AvgIpc) is 2.31. The summed E-state index contributed by atoms with van der Waals surface area (Å²) in [7, 11) is 1.86. The van der Waals surface area contributed by atoms with Crippen molar-refractivity contribution < 1.29 is 4.79 Å². The van der Waals surface area contributed by atoms with Crippen molar-refractivity contribution >= 4 is 21.7 Å². The topological polar surface area (TPSA) is 34.9 Å². The predicted octanol–water partition coefficient (Wildman–Crippen LogP) is 1.88. The molecule has 0 saturated heterocycles. The molecule has 0 atom stereocenters. The van der Waals surface area contributed by atoms with Crippen LogP contribution >= 0.6 is 15.9 Å². The molecule has 0 spiro atoms. The van der Waals surface area contributed by atoms with Crippen molar-refractivity contribution in [2.75, 3.05) is 0 Å². The molecule has 0 aliphatic carbocycles. The second-order valence-corrected chi connectivity index (χ2v) is 3.86. The molecule has 0 fully saturated rings. The maximum Gasteiger partial charge on any atom is 0.135 e. The van der Waals surface area contributed by atoms with Crippen molar-refractivity contribution in [1.29, 1.82) is 0 Å². The van der Waals surface area contributed by atoms with Gasteiger partial charge in [0.2, 0.25) is 0 Å². The van der Waals surface area contributed by atoms with Gasteiger partial charge >= 0.3 is 0 Å². The van der Waals surface area contributed by atoms with Crippen molar-refractivity contribution in [3.8, 4) is 0 Å². The summed E-state index contributed by atoms with van der Waals surface area (Å²) in [5.41, 5.74) is 1.98. The first-order chi connectivity index (χ1) is 6.06. The quantitative estimate of drug-likeness (QED) is 0.814. The van der Waals surface area contributed by atoms with Crippen LogP contribution in [0, 0.1) is 0 Å². The van der Waals surface area contributed by atoms with Gasteiger partial charge in [-0.15, -0.1) is 0 Å². The van der Waals surface area contributed by atoms with Crippen LogP contribution < -0.4 is 0 Å². The summed E-state index contributed by atoms with van der Waals surface area (Å²) in [5, 5.41) is 4.30. The maximum absolute atomic E-state index is 11.0. The van der Waals surface area contributed by atoms with Crippen LogP contribution in [0.15, 0.2) is 4.47 Å². The fraction of sp³-hybridized carbons (Fsp3) is 0.556. The van der Waals surface area contributed by atoms with Crippen molar-refractivity contribution in [2.45, 2.75) is 26.7 Å². The molecule has 13 heavy (non-hydrogen) atoms. The Kier molecular flexibility index (Phi) is 3.25. The van der Waals surface area contributed by atoms with Gasteiger partial charge < -0.3 is 0 Å². The fourth-order valence-electron chi connectivity index (χ4n) is 1.25. The molecule has 0 unspecified atom stereocenters. The van der Waals surface area contributed by atoms with Gasteiger partial charge in [0.05, 0.1) is 15.9 Å². The van der Waals surface area contributed by atoms with Gasteiger partial charge in [-0.3, -0.25) is 9.48 Å². The Morgan fingerprint density at radius 1 is 1.62 bits per heavy atom. The average molecular weight is 245 g/mol. The van der Waals surface area contributed by atoms with Crippen LogP contribution in [0.3, 0.4) is 0 Å². The Balaban J connectivity index is 3.05. The highest BCUT2D eigenvalue weighted by Crippen LogP contribution is 2.21. The van der Waals surface area contributed by atoms with E-state index in [1.807, 2.05) is 14.0 Å². The summed E-state index contributed by atoms with van der Waals surface area (Å²) in [4.78, 5) is 11.0. The van der Waals surface area contributed by atoms with E-state index < -0.39 is 0 Å². The minimum absolute atomic E-state index is 0.159. The SMILES string of the molecule is CCc1nn(C)c(CC(C)=O)c1Br. The lowest BCUT2D eigenvalue weighted by Gasteiger charge is -1.98. The van der Waals surface area contributed by atoms with Crippen molar-refractivity contribution in [3.05, 3.63) is 15.9 Å². The molecule has 72 valence electrons. The molecule has 0 aliphatic heterocycles. The molecule has 0 aliphatic rings. The third kappa shape index (κ3) is 2.18. The molecule has 0 bridgehead atoms. The van der Waals surface area contributed by atoms with Gasteiger partial charge in [0, 0.05) is 13.5 Å². The number of halogens is 1. The Morgan fingerprint density at radius 3 is 2.62 bits per heavy atom. The highest BCUT2D eigenvalue weighted by Gasteiger charge is 2.13. The van der Waals surface area contributed by atoms with Crippen LogP contribution in [-0.4, -0.2) is 15.6 Å². The van der Waals surface area contributed by atoms with Gasteiger partial charge in [0.15, 0.2) is 0 Å². The van der Waals surface area contributed by atoms with Crippen LogP contribution in [0.1, 0.15) is 25.2 Å². The minimum Gasteiger partial charge on any atom is -0.300 e. The molecule has 3 nitrogen and oxygen atoms in total. The second kappa shape index (κ2) is 4.05. The first kappa shape index (κ1) is 10.4. The summed E-state index contributed by atoms with van der Waals surface area (Å²) < 4.78 is 2.75. The summed E-state index contributed by atoms with van der Waals surface area (Å²) in [6.45, 7) is 3.63. The van der Waals surface area contributed by atoms with E-state index in [-0.39, 0.29) is 5.78 Å². The Bertz CT molecular complexity index is 331. The van der Waals surface area contributed by atoms with E-state index in [2.05, 4.69) is 21.0 Å². The van der Waals surface area contributed by atoms with Crippen LogP contribution in [0.25, 0.3) is 0 Å². The van der Waals surface area contributed by atoms with Gasteiger partial charge in [-0.05, 0) is 29.3 Å². The van der Waals surface area contributed by atoms with Crippen molar-refractivity contribution in [2.24, 2.45) is 7.05 Å². The Hall–Kier alpha value is -0.640. The van der Waals surface area contributed by atoms with E-state index in [1.165, 1.54) is 0 Å². The predicted molar refractivity (Wildman–Crippen MR) is 54.7 cm³/mol. The van der Waals surface area contributed by atoms with Gasteiger partial charge in [-0.2, -0.15) is 5.10 Å². The highest BCUT2D eigenvalue weighted by atomic mass is 79.9. The normalized spacial score (nSPS) is 10.5. The monoisotopic (exact) mass is 244 g/mol. The van der Waals surface area contributed by atoms with Crippen molar-refractivity contribution in [3.63, 3.8) is 0 Å². The van der Waals surface area contributed by atoms with Crippen LogP contribution in [0.2, 0.25) is 0 Å². The first-order valence-electron chi connectivity index (χ1n) is 4.26. The second-order valence-electron chi connectivity index (χ2n) is 3.06. The Labute approximate surface area is 86.3 Å². The number of Topliss-reactive ketones (excluding diaryl/α,β-unsaturated/α-hetero) is 1. The van der Waals surface area contributed by atoms with Gasteiger partial charge in [0.1, 0.15) is 5.78 Å². The third-order valence-corrected chi connectivity index (χ3v) is 2.83. The smallest absolute Gasteiger partial charge is 0.135 e. The number of nitrogens with zero attached hydrogens (tertiary/aromatic N) is 2. The molecule has 1 rings (SSSR count). The molecular formula is C9H13BrN2O. The van der Waals surface area contributed by atoms with Gasteiger partial charge in [-0.1, -0.05) is 6.92 Å². The summed E-state index contributed by atoms with van der Waals surface area (Å²) in [6.07, 6.45) is 1.33. The molecule has 0 amide bonds. The number of hydrogen-bond donors (Lipinski definition) is 0. The number of aromatic nitrogens is 2. The van der Waals surface area contributed by atoms with Gasteiger partial charge in [0.25, 0.3) is 0 Å². The lowest BCUT2D eigenvalue weighted by atomic mass is 10.2. The summed E-state index contributed by atoms with van der Waals surface area (Å²) in [6, 6.07) is 0. The number of rotatable bonds is 3. The lowest BCUT2D eigenvalue weighted by Crippen LogP contribution is -2.04. The zero-order valence-corrected chi connectivity index (χ0v) is 9.68. The van der Waals surface area contributed by atoms with Crippen LogP contribution in [0.4, 0.5) is 0 Å². The van der Waals surface area contributed by atoms with Crippen LogP contribution in [0.5, 0.6) is 0 Å². The largest absolute Gasteiger partial charge is 0.300 e. The molecule has 4 heteroatoms. The van der Waals surface area contributed by atoms with E-state index in [0.29, 0.717) is 6.42 Å². The van der Waals surface area contributed by atoms with E-state index in [0.717, 1.165) is 22.3 Å². The number of carbonyl (C=O) groups is 1. The van der Waals surface area contributed by atoms with E-state index >= 15 is 0 Å². The lowest BCUT2D eigenvalue weighted by molar-refractivity contribution is -0.116. The maximum atomic E-state index is 11.0. The standard InChI is InChI=1S/C9H13BrN2O/c1-4-7-9(10)8(5-6(2)13)12(3)11-7/h4-5H2,1-3H3. The molecule has 1 aromatic rings. The zero-order chi connectivity index (χ0) is 10.0. The fourth-order valence-corrected chi connectivity index (χ4v) is 2.00. The number of ketones is 1. The van der Waals surface area contributed by atoms with E-state index in [1.54, 1.807) is 11.6 Å². The zero-order valence-electron chi connectivity index (χ0n) is 8.09. The molecule has 0 aromatic carbocycles. The Morgan fingerprint density at radius 2 is 2.23 bits per heavy atom. The molecule has 0 radical (unpaired) electrons. The first-order valence-corrected chi connectivity index (χ1v) is 5.05. The van der Waals surface area contributed by atoms with Gasteiger partial charge in [-0.25, -0.2) is 0 Å². The summed E-state index contributed by atoms with van der Waals surface area (Å²) in [5.74, 6) is 0.159. The number of hydrogen-bond acceptors (Lipinski definition) is 2.